The number of aliphatic hydroxyl groups excluding tert-OH is 3. The summed E-state index contributed by atoms with van der Waals surface area (Å²) in [6, 6.07) is 2.60. The first-order valence-corrected chi connectivity index (χ1v) is 10.2. The Morgan fingerprint density at radius 1 is 1.12 bits per heavy atom. The van der Waals surface area contributed by atoms with Crippen LogP contribution >= 0.6 is 0 Å². The number of Topliss-reactive ketones (excluding diaryl/α,β-unsaturated/α-hetero) is 2. The summed E-state index contributed by atoms with van der Waals surface area (Å²) in [6.07, 6.45) is -1.85. The minimum atomic E-state index is -3.00. The Labute approximate surface area is 199 Å². The van der Waals surface area contributed by atoms with Gasteiger partial charge in [0.15, 0.2) is 11.6 Å². The summed E-state index contributed by atoms with van der Waals surface area (Å²) in [7, 11) is 2.96. The van der Waals surface area contributed by atoms with Gasteiger partial charge in [0.2, 0.25) is 11.6 Å². The number of nitrogens with one attached hydrogen (secondary N) is 1. The average Bonchev–Trinajstić information content (AvgIpc) is 2.70. The Morgan fingerprint density at radius 3 is 2.24 bits per heavy atom. The molecule has 0 heterocycles. The molecule has 4 rings (SSSR count). The van der Waals surface area contributed by atoms with Gasteiger partial charge in [-0.25, -0.2) is 0 Å². The molecule has 0 saturated heterocycles. The number of aromatic hydroxyl groups is 1. The number of benzene rings is 1. The molecule has 3 aliphatic carbocycles. The van der Waals surface area contributed by atoms with Crippen molar-refractivity contribution in [3.05, 3.63) is 46.2 Å². The number of aliphatic hydroxyl groups is 5. The fourth-order valence-corrected chi connectivity index (χ4v) is 5.69. The summed E-state index contributed by atoms with van der Waals surface area (Å²) in [5.41, 5.74) is -1.69. The van der Waals surface area contributed by atoms with E-state index in [-0.39, 0.29) is 23.5 Å². The smallest absolute Gasteiger partial charge is 0.256 e. The normalized spacial score (nSPS) is 34.9. The van der Waals surface area contributed by atoms with Crippen molar-refractivity contribution >= 4 is 23.2 Å². The van der Waals surface area contributed by atoms with E-state index in [0.29, 0.717) is 4.90 Å². The number of rotatable bonds is 2. The SMILES string of the molecule is C[NH+](C)C1C(=O)C(C(N)=O)=C(O)C2(O)C(=O)C3=C(O)c4c(O)cccc4C(C)(O)C3C(O)C12.[Cl-]. The number of quaternary nitrogens is 1. The summed E-state index contributed by atoms with van der Waals surface area (Å²) in [5.74, 6) is -9.53. The van der Waals surface area contributed by atoms with Crippen molar-refractivity contribution in [1.82, 2.24) is 0 Å². The van der Waals surface area contributed by atoms with Gasteiger partial charge in [0.05, 0.1) is 48.8 Å². The number of phenols is 1. The number of fused-ring (bicyclic) bond motifs is 3. The van der Waals surface area contributed by atoms with Crippen LogP contribution in [0.2, 0.25) is 0 Å². The number of hydrogen-bond donors (Lipinski definition) is 8. The van der Waals surface area contributed by atoms with Gasteiger partial charge in [-0.1, -0.05) is 12.1 Å². The summed E-state index contributed by atoms with van der Waals surface area (Å²) < 4.78 is 0. The van der Waals surface area contributed by atoms with Gasteiger partial charge in [0, 0.05) is 0 Å². The van der Waals surface area contributed by atoms with Gasteiger partial charge in [-0.15, -0.1) is 0 Å². The molecule has 1 aromatic rings. The van der Waals surface area contributed by atoms with E-state index in [2.05, 4.69) is 0 Å². The molecule has 3 aliphatic rings. The molecule has 6 unspecified atom stereocenters. The third-order valence-corrected chi connectivity index (χ3v) is 7.13. The second kappa shape index (κ2) is 7.79. The van der Waals surface area contributed by atoms with Crippen molar-refractivity contribution in [1.29, 1.82) is 0 Å². The van der Waals surface area contributed by atoms with Crippen LogP contribution in [0.4, 0.5) is 0 Å². The molecule has 11 nitrogen and oxygen atoms in total. The monoisotopic (exact) mass is 496 g/mol. The zero-order valence-electron chi connectivity index (χ0n) is 18.4. The number of carbonyl (C=O) groups excluding carboxylic acids is 3. The van der Waals surface area contributed by atoms with Crippen molar-refractivity contribution < 1.29 is 62.3 Å². The van der Waals surface area contributed by atoms with Crippen LogP contribution in [0.1, 0.15) is 18.1 Å². The molecule has 9 N–H and O–H groups in total. The second-order valence-electron chi connectivity index (χ2n) is 9.21. The van der Waals surface area contributed by atoms with Crippen LogP contribution in [0.15, 0.2) is 35.1 Å². The lowest BCUT2D eigenvalue weighted by Crippen LogP contribution is -3.13. The first-order valence-electron chi connectivity index (χ1n) is 10.2. The van der Waals surface area contributed by atoms with E-state index >= 15 is 0 Å². The highest BCUT2D eigenvalue weighted by atomic mass is 35.5. The molecule has 0 radical (unpaired) electrons. The summed E-state index contributed by atoms with van der Waals surface area (Å²) >= 11 is 0. The van der Waals surface area contributed by atoms with Gasteiger partial charge in [-0.2, -0.15) is 0 Å². The molecule has 1 aromatic carbocycles. The molecule has 0 bridgehead atoms. The highest BCUT2D eigenvalue weighted by Gasteiger charge is 2.71. The predicted molar refractivity (Wildman–Crippen MR) is 111 cm³/mol. The second-order valence-corrected chi connectivity index (χ2v) is 9.21. The first kappa shape index (κ1) is 25.7. The quantitative estimate of drug-likeness (QED) is 0.183. The number of carbonyl (C=O) groups is 3. The van der Waals surface area contributed by atoms with Crippen molar-refractivity contribution in [2.45, 2.75) is 30.3 Å². The number of phenolic OH excluding ortho intramolecular Hbond substituents is 1. The number of ketones is 2. The van der Waals surface area contributed by atoms with Crippen molar-refractivity contribution in [2.75, 3.05) is 14.1 Å². The number of halogens is 1. The minimum absolute atomic E-state index is 0. The highest BCUT2D eigenvalue weighted by molar-refractivity contribution is 6.24. The Bertz CT molecular complexity index is 1190. The van der Waals surface area contributed by atoms with Crippen LogP contribution in [-0.2, 0) is 20.0 Å². The number of amides is 1. The van der Waals surface area contributed by atoms with E-state index in [4.69, 9.17) is 5.73 Å². The number of primary amides is 1. The standard InChI is InChI=1S/C22H24N2O9.ClH/c1-21(32)7-5-4-6-8(25)9(7)15(26)10-12(21)17(28)13-14(24(2)3)16(27)11(20(23)31)19(30)22(13,33)18(10)29;/h4-6,12-14,17,25-26,28,30,32-33H,1-3H3,(H2,23,31);1H. The maximum atomic E-state index is 13.7. The van der Waals surface area contributed by atoms with Gasteiger partial charge in [0.25, 0.3) is 5.91 Å². The van der Waals surface area contributed by atoms with E-state index in [9.17, 15) is 45.0 Å². The van der Waals surface area contributed by atoms with Gasteiger partial charge < -0.3 is 53.7 Å². The zero-order valence-corrected chi connectivity index (χ0v) is 19.2. The van der Waals surface area contributed by atoms with E-state index in [1.165, 1.54) is 39.2 Å². The Kier molecular flexibility index (Phi) is 5.88. The van der Waals surface area contributed by atoms with Crippen molar-refractivity contribution in [3.8, 4) is 5.75 Å². The number of hydrogen-bond acceptors (Lipinski definition) is 9. The molecule has 0 aromatic heterocycles. The van der Waals surface area contributed by atoms with Crippen LogP contribution in [0.3, 0.4) is 0 Å². The molecule has 1 fully saturated rings. The van der Waals surface area contributed by atoms with Crippen LogP contribution in [0, 0.1) is 11.8 Å². The molecule has 12 heteroatoms. The largest absolute Gasteiger partial charge is 1.00 e. The molecule has 0 spiro atoms. The molecule has 184 valence electrons. The lowest BCUT2D eigenvalue weighted by Gasteiger charge is -2.54. The zero-order chi connectivity index (χ0) is 24.8. The number of likely N-dealkylation sites (N-methyl/N-ethyl adjacent to an activating group) is 1. The predicted octanol–water partition coefficient (Wildman–Crippen LogP) is -5.81. The Morgan fingerprint density at radius 2 is 1.71 bits per heavy atom. The van der Waals surface area contributed by atoms with E-state index in [0.717, 1.165) is 0 Å². The molecular formula is C22H25ClN2O9. The average molecular weight is 497 g/mol. The molecular weight excluding hydrogens is 472 g/mol. The van der Waals surface area contributed by atoms with E-state index in [1.54, 1.807) is 0 Å². The fraction of sp³-hybridized carbons (Fsp3) is 0.409. The van der Waals surface area contributed by atoms with Gasteiger partial charge in [0.1, 0.15) is 22.8 Å². The highest BCUT2D eigenvalue weighted by Crippen LogP contribution is 2.56. The van der Waals surface area contributed by atoms with E-state index < -0.39 is 81.1 Å². The Hall–Kier alpha value is -2.96. The maximum Gasteiger partial charge on any atom is 0.256 e. The maximum absolute atomic E-state index is 13.7. The van der Waals surface area contributed by atoms with Gasteiger partial charge >= 0.3 is 0 Å². The molecule has 1 saturated carbocycles. The molecule has 1 amide bonds. The minimum Gasteiger partial charge on any atom is -1.00 e. The van der Waals surface area contributed by atoms with Gasteiger partial charge in [-0.05, 0) is 18.6 Å². The molecule has 0 aliphatic heterocycles. The lowest BCUT2D eigenvalue weighted by molar-refractivity contribution is -0.881. The fourth-order valence-electron chi connectivity index (χ4n) is 5.69. The molecule has 6 atom stereocenters. The summed E-state index contributed by atoms with van der Waals surface area (Å²) in [5, 5.41) is 66.4. The van der Waals surface area contributed by atoms with Crippen LogP contribution in [-0.4, -0.2) is 80.0 Å². The van der Waals surface area contributed by atoms with Crippen LogP contribution in [0.25, 0.3) is 5.76 Å². The summed E-state index contributed by atoms with van der Waals surface area (Å²) in [4.78, 5) is 39.0. The Balaban J connectivity index is 0.00000324. The van der Waals surface area contributed by atoms with E-state index in [1.807, 2.05) is 0 Å². The summed E-state index contributed by atoms with van der Waals surface area (Å²) in [6.45, 7) is 1.26. The van der Waals surface area contributed by atoms with Crippen molar-refractivity contribution in [2.24, 2.45) is 17.6 Å². The molecule has 34 heavy (non-hydrogen) atoms. The third-order valence-electron chi connectivity index (χ3n) is 7.13. The van der Waals surface area contributed by atoms with Crippen molar-refractivity contribution in [3.63, 3.8) is 0 Å². The number of nitrogens with two attached hydrogens (primary N) is 1. The topological polar surface area (TPSA) is 203 Å². The third kappa shape index (κ3) is 2.88. The van der Waals surface area contributed by atoms with Crippen LogP contribution < -0.4 is 23.0 Å². The first-order chi connectivity index (χ1) is 15.2. The lowest BCUT2D eigenvalue weighted by atomic mass is 9.53. The van der Waals surface area contributed by atoms with Gasteiger partial charge in [-0.3, -0.25) is 14.4 Å². The van der Waals surface area contributed by atoms with Crippen LogP contribution in [0.5, 0.6) is 5.75 Å².